The van der Waals surface area contributed by atoms with Gasteiger partial charge in [-0.2, -0.15) is 10.4 Å². The number of aryl methyl sites for hydroxylation is 1. The highest BCUT2D eigenvalue weighted by Crippen LogP contribution is 2.31. The summed E-state index contributed by atoms with van der Waals surface area (Å²) in [4.78, 5) is 22.9. The van der Waals surface area contributed by atoms with Crippen LogP contribution in [0.25, 0.3) is 55.8 Å². The number of hydrogen-bond acceptors (Lipinski definition) is 5. The van der Waals surface area contributed by atoms with E-state index in [9.17, 15) is 10.1 Å². The SMILES string of the molecule is Cn1c(=O)n(-c2ccc(C(C)(C)C#N)cc2)c2c3cc(-c4ccc(-c5ccn(-c6ccccc6)n5)nc4)ccc3ncc21. The van der Waals surface area contributed by atoms with Crippen LogP contribution >= 0.6 is 0 Å². The molecule has 0 atom stereocenters. The Morgan fingerprint density at radius 2 is 1.56 bits per heavy atom. The molecule has 0 saturated carbocycles. The van der Waals surface area contributed by atoms with E-state index in [1.807, 2.05) is 116 Å². The first kappa shape index (κ1) is 26.1. The molecule has 0 bridgehead atoms. The largest absolute Gasteiger partial charge is 0.333 e. The topological polar surface area (TPSA) is 94.3 Å². The van der Waals surface area contributed by atoms with Gasteiger partial charge < -0.3 is 0 Å². The van der Waals surface area contributed by atoms with Gasteiger partial charge in [-0.25, -0.2) is 9.48 Å². The summed E-state index contributed by atoms with van der Waals surface area (Å²) in [6.45, 7) is 3.76. The van der Waals surface area contributed by atoms with E-state index in [1.54, 1.807) is 22.4 Å². The fourth-order valence-electron chi connectivity index (χ4n) is 5.41. The van der Waals surface area contributed by atoms with E-state index in [0.717, 1.165) is 61.4 Å². The molecule has 7 aromatic rings. The van der Waals surface area contributed by atoms with Gasteiger partial charge >= 0.3 is 5.69 Å². The molecule has 8 nitrogen and oxygen atoms in total. The molecule has 43 heavy (non-hydrogen) atoms. The first-order chi connectivity index (χ1) is 20.8. The normalized spacial score (nSPS) is 11.7. The Labute approximate surface area is 247 Å². The van der Waals surface area contributed by atoms with Crippen LogP contribution in [0.4, 0.5) is 0 Å². The van der Waals surface area contributed by atoms with E-state index in [-0.39, 0.29) is 5.69 Å². The van der Waals surface area contributed by atoms with Crippen LogP contribution in [0.3, 0.4) is 0 Å². The molecule has 0 aliphatic rings. The Kier molecular flexibility index (Phi) is 6.03. The minimum Gasteiger partial charge on any atom is -0.293 e. The first-order valence-corrected chi connectivity index (χ1v) is 13.9. The molecule has 0 radical (unpaired) electrons. The average molecular weight is 562 g/mol. The molecule has 8 heteroatoms. The lowest BCUT2D eigenvalue weighted by molar-refractivity contribution is 0.686. The molecule has 0 spiro atoms. The van der Waals surface area contributed by atoms with Crippen LogP contribution in [0.2, 0.25) is 0 Å². The summed E-state index contributed by atoms with van der Waals surface area (Å²) >= 11 is 0. The molecule has 0 aliphatic heterocycles. The highest BCUT2D eigenvalue weighted by molar-refractivity contribution is 6.04. The van der Waals surface area contributed by atoms with Gasteiger partial charge in [0.15, 0.2) is 0 Å². The molecular weight excluding hydrogens is 534 g/mol. The van der Waals surface area contributed by atoms with E-state index in [2.05, 4.69) is 17.1 Å². The maximum Gasteiger partial charge on any atom is 0.333 e. The Bertz CT molecular complexity index is 2230. The molecule has 0 amide bonds. The van der Waals surface area contributed by atoms with Crippen molar-refractivity contribution >= 4 is 21.9 Å². The quantitative estimate of drug-likeness (QED) is 0.236. The number of nitrogens with zero attached hydrogens (tertiary/aromatic N) is 7. The second-order valence-electron chi connectivity index (χ2n) is 11.1. The van der Waals surface area contributed by atoms with E-state index >= 15 is 0 Å². The van der Waals surface area contributed by atoms with Crippen molar-refractivity contribution in [3.05, 3.63) is 126 Å². The highest BCUT2D eigenvalue weighted by Gasteiger charge is 2.21. The summed E-state index contributed by atoms with van der Waals surface area (Å²) in [5, 5.41) is 15.1. The number of fused-ring (bicyclic) bond motifs is 3. The molecule has 208 valence electrons. The standard InChI is InChI=1S/C35H27N7O/c1-35(2,22-36)25-11-13-27(14-12-25)42-33-28-19-23(9-15-29(28)38-21-32(33)40(3)34(42)43)24-10-16-30(37-20-24)31-17-18-41(39-31)26-7-5-4-6-8-26/h4-21H,1-3H3. The third-order valence-corrected chi connectivity index (χ3v) is 7.98. The predicted molar refractivity (Wildman–Crippen MR) is 168 cm³/mol. The summed E-state index contributed by atoms with van der Waals surface area (Å²) in [5.41, 5.74) is 7.60. The van der Waals surface area contributed by atoms with Gasteiger partial charge in [0.1, 0.15) is 5.69 Å². The third kappa shape index (κ3) is 4.39. The molecule has 0 fully saturated rings. The number of hydrogen-bond donors (Lipinski definition) is 0. The van der Waals surface area contributed by atoms with Gasteiger partial charge in [0.05, 0.1) is 51.3 Å². The zero-order chi connectivity index (χ0) is 29.7. The second kappa shape index (κ2) is 9.93. The summed E-state index contributed by atoms with van der Waals surface area (Å²) in [6, 6.07) is 31.9. The van der Waals surface area contributed by atoms with Crippen LogP contribution in [0.5, 0.6) is 0 Å². The van der Waals surface area contributed by atoms with Crippen LogP contribution in [-0.2, 0) is 12.5 Å². The van der Waals surface area contributed by atoms with Crippen molar-refractivity contribution in [2.75, 3.05) is 0 Å². The minimum absolute atomic E-state index is 0.164. The third-order valence-electron chi connectivity index (χ3n) is 7.98. The van der Waals surface area contributed by atoms with Crippen molar-refractivity contribution in [1.29, 1.82) is 5.26 Å². The van der Waals surface area contributed by atoms with Crippen LogP contribution < -0.4 is 5.69 Å². The van der Waals surface area contributed by atoms with Crippen molar-refractivity contribution in [3.8, 4) is 40.0 Å². The monoisotopic (exact) mass is 561 g/mol. The number of para-hydroxylation sites is 1. The van der Waals surface area contributed by atoms with Gasteiger partial charge in [-0.05, 0) is 73.5 Å². The highest BCUT2D eigenvalue weighted by atomic mass is 16.1. The molecule has 0 N–H and O–H groups in total. The molecule has 4 aromatic heterocycles. The van der Waals surface area contributed by atoms with Gasteiger partial charge in [0, 0.05) is 30.4 Å². The van der Waals surface area contributed by atoms with E-state index in [4.69, 9.17) is 10.1 Å². The molecule has 0 aliphatic carbocycles. The molecule has 0 saturated heterocycles. The number of nitriles is 1. The van der Waals surface area contributed by atoms with Gasteiger partial charge in [0.25, 0.3) is 0 Å². The zero-order valence-corrected chi connectivity index (χ0v) is 23.9. The molecule has 4 heterocycles. The van der Waals surface area contributed by atoms with Crippen molar-refractivity contribution in [3.63, 3.8) is 0 Å². The van der Waals surface area contributed by atoms with Crippen LogP contribution in [0.1, 0.15) is 19.4 Å². The van der Waals surface area contributed by atoms with Crippen molar-refractivity contribution < 1.29 is 0 Å². The fourth-order valence-corrected chi connectivity index (χ4v) is 5.41. The summed E-state index contributed by atoms with van der Waals surface area (Å²) < 4.78 is 5.17. The lowest BCUT2D eigenvalue weighted by atomic mass is 9.86. The van der Waals surface area contributed by atoms with E-state index in [1.165, 1.54) is 0 Å². The minimum atomic E-state index is -0.626. The van der Waals surface area contributed by atoms with E-state index in [0.29, 0.717) is 0 Å². The van der Waals surface area contributed by atoms with Crippen molar-refractivity contribution in [2.24, 2.45) is 7.05 Å². The molecule has 3 aromatic carbocycles. The summed E-state index contributed by atoms with van der Waals surface area (Å²) in [7, 11) is 1.76. The maximum absolute atomic E-state index is 13.5. The molecule has 7 rings (SSSR count). The number of pyridine rings is 2. The second-order valence-corrected chi connectivity index (χ2v) is 11.1. The average Bonchev–Trinajstić information content (AvgIpc) is 3.65. The predicted octanol–water partition coefficient (Wildman–Crippen LogP) is 6.59. The lowest BCUT2D eigenvalue weighted by Gasteiger charge is -2.16. The lowest BCUT2D eigenvalue weighted by Crippen LogP contribution is -2.21. The number of aromatic nitrogens is 6. The fraction of sp³-hybridized carbons (Fsp3) is 0.114. The van der Waals surface area contributed by atoms with E-state index < -0.39 is 5.41 Å². The van der Waals surface area contributed by atoms with Gasteiger partial charge in [-0.1, -0.05) is 42.5 Å². The number of imidazole rings is 1. The Hall–Kier alpha value is -5.81. The Morgan fingerprint density at radius 1 is 0.791 bits per heavy atom. The molecule has 0 unspecified atom stereocenters. The molecular formula is C35H27N7O. The van der Waals surface area contributed by atoms with Crippen LogP contribution in [-0.4, -0.2) is 28.9 Å². The van der Waals surface area contributed by atoms with Crippen molar-refractivity contribution in [2.45, 2.75) is 19.3 Å². The van der Waals surface area contributed by atoms with Crippen LogP contribution in [0, 0.1) is 11.3 Å². The summed E-state index contributed by atoms with van der Waals surface area (Å²) in [5.74, 6) is 0. The first-order valence-electron chi connectivity index (χ1n) is 13.9. The van der Waals surface area contributed by atoms with Gasteiger partial charge in [0.2, 0.25) is 0 Å². The summed E-state index contributed by atoms with van der Waals surface area (Å²) in [6.07, 6.45) is 5.52. The van der Waals surface area contributed by atoms with Gasteiger partial charge in [-0.15, -0.1) is 0 Å². The van der Waals surface area contributed by atoms with Crippen molar-refractivity contribution in [1.82, 2.24) is 28.9 Å². The number of benzene rings is 3. The zero-order valence-electron chi connectivity index (χ0n) is 23.9. The smallest absolute Gasteiger partial charge is 0.293 e. The maximum atomic E-state index is 13.5. The number of rotatable bonds is 5. The van der Waals surface area contributed by atoms with Gasteiger partial charge in [-0.3, -0.25) is 19.1 Å². The Balaban J connectivity index is 1.30. The van der Waals surface area contributed by atoms with Crippen LogP contribution in [0.15, 0.2) is 114 Å². The Morgan fingerprint density at radius 3 is 2.28 bits per heavy atom.